The Hall–Kier alpha value is -2.15. The molecule has 0 fully saturated rings. The normalized spacial score (nSPS) is 9.50. The van der Waals surface area contributed by atoms with Crippen molar-refractivity contribution in [3.05, 3.63) is 34.4 Å². The Morgan fingerprint density at radius 2 is 2.25 bits per heavy atom. The van der Waals surface area contributed by atoms with E-state index in [2.05, 4.69) is 0 Å². The van der Waals surface area contributed by atoms with Crippen molar-refractivity contribution in [3.63, 3.8) is 0 Å². The number of benzene rings is 1. The predicted octanol–water partition coefficient (Wildman–Crippen LogP) is 1.56. The topological polar surface area (TPSA) is 78.2 Å². The van der Waals surface area contributed by atoms with Gasteiger partial charge in [-0.25, -0.2) is 0 Å². The number of hydrogen-bond acceptors (Lipinski definition) is 3. The first-order valence-electron chi connectivity index (χ1n) is 4.85. The Kier molecular flexibility index (Phi) is 3.78. The molecule has 1 rings (SSSR count). The quantitative estimate of drug-likeness (QED) is 0.776. The molecule has 1 aromatic rings. The second-order valence-corrected chi connectivity index (χ2v) is 3.36. The van der Waals surface area contributed by atoms with Gasteiger partial charge in [-0.05, 0) is 29.7 Å². The van der Waals surface area contributed by atoms with Gasteiger partial charge in [0, 0.05) is 5.56 Å². The maximum atomic E-state index is 10.8. The predicted molar refractivity (Wildman–Crippen MR) is 57.3 cm³/mol. The number of carboxylic acids is 1. The number of carbonyl (C=O) groups excluding carboxylic acids is 1. The fourth-order valence-electron chi connectivity index (χ4n) is 1.61. The number of hydrogen-bond donors (Lipinski definition) is 1. The van der Waals surface area contributed by atoms with Crippen molar-refractivity contribution >= 4 is 12.3 Å². The number of aliphatic carboxylic acids is 1. The van der Waals surface area contributed by atoms with E-state index in [9.17, 15) is 9.59 Å². The van der Waals surface area contributed by atoms with Gasteiger partial charge >= 0.3 is 5.97 Å². The average molecular weight is 217 g/mol. The van der Waals surface area contributed by atoms with Crippen LogP contribution in [0.15, 0.2) is 12.1 Å². The summed E-state index contributed by atoms with van der Waals surface area (Å²) < 4.78 is 0. The van der Waals surface area contributed by atoms with Crippen LogP contribution in [0, 0.1) is 11.3 Å². The minimum absolute atomic E-state index is 0.192. The standard InChI is InChI=1S/C12H11NO3/c1-2-9-3-8(6-13)4-10(7-14)11(9)5-12(15)16/h3-4,7H,2,5H2,1H3,(H,15,16). The highest BCUT2D eigenvalue weighted by atomic mass is 16.4. The van der Waals surface area contributed by atoms with Crippen LogP contribution >= 0.6 is 0 Å². The number of carboxylic acid groups (broad SMARTS) is 1. The van der Waals surface area contributed by atoms with Crippen molar-refractivity contribution in [3.8, 4) is 6.07 Å². The Morgan fingerprint density at radius 3 is 2.69 bits per heavy atom. The maximum Gasteiger partial charge on any atom is 0.307 e. The van der Waals surface area contributed by atoms with E-state index in [1.807, 2.05) is 13.0 Å². The molecule has 0 aliphatic carbocycles. The summed E-state index contributed by atoms with van der Waals surface area (Å²) in [5.41, 5.74) is 1.92. The van der Waals surface area contributed by atoms with Crippen LogP contribution in [0.3, 0.4) is 0 Å². The van der Waals surface area contributed by atoms with E-state index < -0.39 is 5.97 Å². The molecule has 1 N–H and O–H groups in total. The van der Waals surface area contributed by atoms with Crippen molar-refractivity contribution in [2.45, 2.75) is 19.8 Å². The highest BCUT2D eigenvalue weighted by molar-refractivity contribution is 5.82. The maximum absolute atomic E-state index is 10.8. The monoisotopic (exact) mass is 217 g/mol. The lowest BCUT2D eigenvalue weighted by Crippen LogP contribution is -2.07. The van der Waals surface area contributed by atoms with E-state index in [1.165, 1.54) is 6.07 Å². The van der Waals surface area contributed by atoms with Gasteiger partial charge in [-0.2, -0.15) is 5.26 Å². The summed E-state index contributed by atoms with van der Waals surface area (Å²) in [7, 11) is 0. The molecule has 4 heteroatoms. The third-order valence-corrected chi connectivity index (χ3v) is 2.34. The van der Waals surface area contributed by atoms with Gasteiger partial charge in [0.2, 0.25) is 0 Å². The van der Waals surface area contributed by atoms with Crippen molar-refractivity contribution < 1.29 is 14.7 Å². The van der Waals surface area contributed by atoms with E-state index in [0.717, 1.165) is 5.56 Å². The van der Waals surface area contributed by atoms with Gasteiger partial charge in [-0.3, -0.25) is 9.59 Å². The lowest BCUT2D eigenvalue weighted by Gasteiger charge is -2.09. The minimum atomic E-state index is -0.984. The molecule has 82 valence electrons. The molecule has 0 radical (unpaired) electrons. The van der Waals surface area contributed by atoms with Gasteiger partial charge in [0.05, 0.1) is 18.1 Å². The molecule has 0 aromatic heterocycles. The van der Waals surface area contributed by atoms with Crippen LogP contribution in [0.4, 0.5) is 0 Å². The molecular formula is C12H11NO3. The highest BCUT2D eigenvalue weighted by Crippen LogP contribution is 2.18. The zero-order chi connectivity index (χ0) is 12.1. The van der Waals surface area contributed by atoms with Gasteiger partial charge in [0.1, 0.15) is 6.29 Å². The average Bonchev–Trinajstić information content (AvgIpc) is 2.28. The third kappa shape index (κ3) is 2.45. The van der Waals surface area contributed by atoms with E-state index in [0.29, 0.717) is 29.4 Å². The first-order chi connectivity index (χ1) is 7.62. The van der Waals surface area contributed by atoms with Gasteiger partial charge < -0.3 is 5.11 Å². The molecule has 0 spiro atoms. The molecule has 16 heavy (non-hydrogen) atoms. The molecule has 0 aliphatic heterocycles. The molecular weight excluding hydrogens is 206 g/mol. The molecule has 0 saturated heterocycles. The van der Waals surface area contributed by atoms with Crippen LogP contribution in [0.5, 0.6) is 0 Å². The van der Waals surface area contributed by atoms with Gasteiger partial charge in [0.15, 0.2) is 0 Å². The molecule has 0 aliphatic rings. The summed E-state index contributed by atoms with van der Waals surface area (Å²) >= 11 is 0. The first kappa shape index (κ1) is 11.9. The molecule has 1 aromatic carbocycles. The Morgan fingerprint density at radius 1 is 1.56 bits per heavy atom. The minimum Gasteiger partial charge on any atom is -0.481 e. The van der Waals surface area contributed by atoms with Gasteiger partial charge in [0.25, 0.3) is 0 Å². The lowest BCUT2D eigenvalue weighted by atomic mass is 9.95. The molecule has 0 saturated carbocycles. The van der Waals surface area contributed by atoms with Crippen LogP contribution in [-0.2, 0) is 17.6 Å². The molecule has 0 amide bonds. The number of carbonyl (C=O) groups is 2. The van der Waals surface area contributed by atoms with Crippen LogP contribution in [0.25, 0.3) is 0 Å². The van der Waals surface area contributed by atoms with Crippen molar-refractivity contribution in [1.82, 2.24) is 0 Å². The third-order valence-electron chi connectivity index (χ3n) is 2.34. The first-order valence-corrected chi connectivity index (χ1v) is 4.85. The Labute approximate surface area is 93.1 Å². The summed E-state index contributed by atoms with van der Waals surface area (Å²) in [6.07, 6.45) is 1.00. The lowest BCUT2D eigenvalue weighted by molar-refractivity contribution is -0.136. The summed E-state index contributed by atoms with van der Waals surface area (Å²) in [5.74, 6) is -0.984. The van der Waals surface area contributed by atoms with E-state index in [4.69, 9.17) is 10.4 Å². The van der Waals surface area contributed by atoms with Crippen molar-refractivity contribution in [1.29, 1.82) is 5.26 Å². The fourth-order valence-corrected chi connectivity index (χ4v) is 1.61. The van der Waals surface area contributed by atoms with Crippen molar-refractivity contribution in [2.24, 2.45) is 0 Å². The largest absolute Gasteiger partial charge is 0.481 e. The number of nitriles is 1. The molecule has 0 unspecified atom stereocenters. The molecule has 0 atom stereocenters. The number of nitrogens with zero attached hydrogens (tertiary/aromatic N) is 1. The van der Waals surface area contributed by atoms with Crippen LogP contribution in [-0.4, -0.2) is 17.4 Å². The molecule has 0 bridgehead atoms. The van der Waals surface area contributed by atoms with E-state index >= 15 is 0 Å². The number of rotatable bonds is 4. The van der Waals surface area contributed by atoms with Crippen LogP contribution in [0.1, 0.15) is 34.0 Å². The SMILES string of the molecule is CCc1cc(C#N)cc(C=O)c1CC(=O)O. The zero-order valence-corrected chi connectivity index (χ0v) is 8.86. The smallest absolute Gasteiger partial charge is 0.307 e. The number of aldehydes is 1. The summed E-state index contributed by atoms with van der Waals surface area (Å²) in [6, 6.07) is 5.00. The van der Waals surface area contributed by atoms with Gasteiger partial charge in [-0.15, -0.1) is 0 Å². The molecule has 4 nitrogen and oxygen atoms in total. The Bertz CT molecular complexity index is 472. The van der Waals surface area contributed by atoms with E-state index in [-0.39, 0.29) is 6.42 Å². The summed E-state index contributed by atoms with van der Waals surface area (Å²) in [5, 5.41) is 17.5. The Balaban J connectivity index is 3.38. The zero-order valence-electron chi connectivity index (χ0n) is 8.86. The number of aryl methyl sites for hydroxylation is 1. The fraction of sp³-hybridized carbons (Fsp3) is 0.250. The molecule has 0 heterocycles. The second kappa shape index (κ2) is 5.08. The van der Waals surface area contributed by atoms with Gasteiger partial charge in [-0.1, -0.05) is 6.92 Å². The van der Waals surface area contributed by atoms with E-state index in [1.54, 1.807) is 6.07 Å². The van der Waals surface area contributed by atoms with Crippen molar-refractivity contribution in [2.75, 3.05) is 0 Å². The van der Waals surface area contributed by atoms with Crippen LogP contribution < -0.4 is 0 Å². The second-order valence-electron chi connectivity index (χ2n) is 3.36. The summed E-state index contributed by atoms with van der Waals surface area (Å²) in [6.45, 7) is 1.86. The van der Waals surface area contributed by atoms with Crippen LogP contribution in [0.2, 0.25) is 0 Å². The highest BCUT2D eigenvalue weighted by Gasteiger charge is 2.12. The summed E-state index contributed by atoms with van der Waals surface area (Å²) in [4.78, 5) is 21.5.